The minimum Gasteiger partial charge on any atom is -0.506 e. The van der Waals surface area contributed by atoms with E-state index in [0.717, 1.165) is 10.4 Å². The Morgan fingerprint density at radius 2 is 1.53 bits per heavy atom. The molecule has 0 radical (unpaired) electrons. The lowest BCUT2D eigenvalue weighted by atomic mass is 10.1. The van der Waals surface area contributed by atoms with E-state index in [1.54, 1.807) is 20.8 Å². The second kappa shape index (κ2) is 10.4. The summed E-state index contributed by atoms with van der Waals surface area (Å²) < 4.78 is 80.2. The van der Waals surface area contributed by atoms with Crippen LogP contribution in [0.1, 0.15) is 20.8 Å². The lowest BCUT2D eigenvalue weighted by Crippen LogP contribution is -2.40. The summed E-state index contributed by atoms with van der Waals surface area (Å²) in [4.78, 5) is -0.653. The quantitative estimate of drug-likeness (QED) is 0.255. The normalized spacial score (nSPS) is 13.4. The van der Waals surface area contributed by atoms with Crippen LogP contribution in [-0.4, -0.2) is 54.3 Å². The molecule has 0 aliphatic rings. The summed E-state index contributed by atoms with van der Waals surface area (Å²) in [6, 6.07) is 10.4. The van der Waals surface area contributed by atoms with Gasteiger partial charge in [0.1, 0.15) is 10.6 Å². The molecule has 3 rings (SSSR count). The minimum atomic E-state index is -4.26. The van der Waals surface area contributed by atoms with Crippen LogP contribution in [0.5, 0.6) is 5.75 Å². The van der Waals surface area contributed by atoms with Crippen LogP contribution in [0.15, 0.2) is 68.6 Å². The number of nitrogens with one attached hydrogen (secondary N) is 2. The van der Waals surface area contributed by atoms with Crippen molar-refractivity contribution in [3.8, 4) is 5.75 Å². The number of hydrogen-bond donors (Lipinski definition) is 3. The Hall–Kier alpha value is -2.82. The third-order valence-electron chi connectivity index (χ3n) is 4.92. The summed E-state index contributed by atoms with van der Waals surface area (Å²) in [5.41, 5.74) is -0.760. The molecular weight excluding hydrogens is 578 g/mol. The van der Waals surface area contributed by atoms with E-state index in [9.17, 15) is 30.4 Å². The molecule has 0 saturated heterocycles. The largest absolute Gasteiger partial charge is 0.506 e. The molecule has 3 N–H and O–H groups in total. The van der Waals surface area contributed by atoms with Crippen molar-refractivity contribution in [3.63, 3.8) is 0 Å². The number of aromatic hydroxyl groups is 1. The van der Waals surface area contributed by atoms with Gasteiger partial charge in [0.15, 0.2) is 0 Å². The number of azo groups is 1. The van der Waals surface area contributed by atoms with E-state index < -0.39 is 45.5 Å². The molecule has 0 bridgehead atoms. The Kier molecular flexibility index (Phi) is 8.13. The van der Waals surface area contributed by atoms with Crippen molar-refractivity contribution >= 4 is 67.8 Å². The molecule has 16 heteroatoms. The Labute approximate surface area is 226 Å². The zero-order chi connectivity index (χ0) is 28.7. The number of nitrogens with zero attached hydrogens (tertiary/aromatic N) is 3. The van der Waals surface area contributed by atoms with Gasteiger partial charge in [-0.15, -0.1) is 5.11 Å². The van der Waals surface area contributed by atoms with Gasteiger partial charge in [-0.1, -0.05) is 12.1 Å². The van der Waals surface area contributed by atoms with Gasteiger partial charge in [0.2, 0.25) is 10.0 Å². The summed E-state index contributed by atoms with van der Waals surface area (Å²) in [6.45, 7) is 4.88. The number of sulfonamides is 1. The summed E-state index contributed by atoms with van der Waals surface area (Å²) in [5, 5.41) is 19.2. The van der Waals surface area contributed by atoms with E-state index in [4.69, 9.17) is 10.7 Å². The van der Waals surface area contributed by atoms with Crippen LogP contribution in [0.3, 0.4) is 0 Å². The molecule has 0 heterocycles. The van der Waals surface area contributed by atoms with Gasteiger partial charge in [0, 0.05) is 41.1 Å². The number of rotatable bonds is 8. The van der Waals surface area contributed by atoms with Crippen LogP contribution in [0.2, 0.25) is 0 Å². The van der Waals surface area contributed by atoms with Gasteiger partial charge in [-0.25, -0.2) is 21.6 Å². The molecule has 0 fully saturated rings. The fourth-order valence-electron chi connectivity index (χ4n) is 3.27. The van der Waals surface area contributed by atoms with Crippen molar-refractivity contribution in [1.82, 2.24) is 9.03 Å². The summed E-state index contributed by atoms with van der Waals surface area (Å²) >= 11 is 0. The van der Waals surface area contributed by atoms with Crippen molar-refractivity contribution in [2.24, 2.45) is 10.2 Å². The first kappa shape index (κ1) is 29.7. The molecule has 0 aliphatic carbocycles. The minimum absolute atomic E-state index is 0.00160. The molecule has 0 aromatic heterocycles. The topological polar surface area (TPSA) is 175 Å². The third kappa shape index (κ3) is 6.78. The highest BCUT2D eigenvalue weighted by Crippen LogP contribution is 2.43. The Balaban J connectivity index is 2.29. The van der Waals surface area contributed by atoms with Crippen LogP contribution in [0.4, 0.5) is 17.1 Å². The molecule has 3 aromatic carbocycles. The van der Waals surface area contributed by atoms with E-state index in [0.29, 0.717) is 0 Å². The van der Waals surface area contributed by atoms with Crippen LogP contribution in [-0.2, 0) is 29.3 Å². The SMILES string of the molecule is CN(C)S(=O)(=O)Nc1cccc2c(O)c(S(=O)(=O)NC(C)(C)C)cc(/N=N/c3ccc(S(=O)(=O)Cl)cc3)c12. The van der Waals surface area contributed by atoms with Crippen molar-refractivity contribution in [2.45, 2.75) is 36.1 Å². The van der Waals surface area contributed by atoms with Crippen LogP contribution < -0.4 is 9.44 Å². The first-order valence-electron chi connectivity index (χ1n) is 10.8. The number of halogens is 1. The smallest absolute Gasteiger partial charge is 0.301 e. The number of benzene rings is 3. The molecule has 0 saturated carbocycles. The highest BCUT2D eigenvalue weighted by Gasteiger charge is 2.28. The van der Waals surface area contributed by atoms with E-state index in [1.165, 1.54) is 56.6 Å². The second-order valence-corrected chi connectivity index (χ2v) is 15.4. The molecule has 12 nitrogen and oxygen atoms in total. The zero-order valence-corrected chi connectivity index (χ0v) is 24.2. The highest BCUT2D eigenvalue weighted by atomic mass is 35.7. The van der Waals surface area contributed by atoms with Gasteiger partial charge >= 0.3 is 10.2 Å². The monoisotopic (exact) mass is 603 g/mol. The van der Waals surface area contributed by atoms with E-state index in [2.05, 4.69) is 19.7 Å². The van der Waals surface area contributed by atoms with Gasteiger partial charge in [-0.3, -0.25) is 4.72 Å². The first-order valence-corrected chi connectivity index (χ1v) is 16.0. The molecule has 0 unspecified atom stereocenters. The van der Waals surface area contributed by atoms with Gasteiger partial charge in [0.25, 0.3) is 9.05 Å². The number of hydrogen-bond acceptors (Lipinski definition) is 9. The fourth-order valence-corrected chi connectivity index (χ4v) is 6.21. The van der Waals surface area contributed by atoms with Crippen LogP contribution in [0, 0.1) is 0 Å². The molecule has 3 aromatic rings. The van der Waals surface area contributed by atoms with Crippen LogP contribution in [0.25, 0.3) is 10.8 Å². The average Bonchev–Trinajstić information content (AvgIpc) is 2.76. The third-order valence-corrected chi connectivity index (χ3v) is 9.50. The standard InChI is InChI=1S/C22H26ClN5O7S3/c1-22(2,3)27-37(32,33)19-13-18(25-24-14-9-11-15(12-10-14)36(23,30)31)20-16(21(19)29)7-6-8-17(20)26-38(34,35)28(4)5/h6-13,26-27,29H,1-5H3/b25-24+. The summed E-state index contributed by atoms with van der Waals surface area (Å²) in [6.07, 6.45) is 0. The average molecular weight is 604 g/mol. The molecule has 0 amide bonds. The van der Waals surface area contributed by atoms with Gasteiger partial charge < -0.3 is 5.11 Å². The fraction of sp³-hybridized carbons (Fsp3) is 0.273. The molecule has 0 atom stereocenters. The van der Waals surface area contributed by atoms with Crippen molar-refractivity contribution in [3.05, 3.63) is 48.5 Å². The van der Waals surface area contributed by atoms with E-state index in [1.807, 2.05) is 0 Å². The predicted octanol–water partition coefficient (Wildman–Crippen LogP) is 4.18. The van der Waals surface area contributed by atoms with Crippen molar-refractivity contribution in [2.75, 3.05) is 18.8 Å². The number of phenolic OH excluding ortho intramolecular Hbond substituents is 1. The van der Waals surface area contributed by atoms with Gasteiger partial charge in [-0.05, 0) is 57.2 Å². The van der Waals surface area contributed by atoms with E-state index >= 15 is 0 Å². The Morgan fingerprint density at radius 1 is 0.921 bits per heavy atom. The highest BCUT2D eigenvalue weighted by molar-refractivity contribution is 8.13. The number of fused-ring (bicyclic) bond motifs is 1. The second-order valence-electron chi connectivity index (χ2n) is 9.35. The van der Waals surface area contributed by atoms with Gasteiger partial charge in [0.05, 0.1) is 22.0 Å². The molecule has 38 heavy (non-hydrogen) atoms. The summed E-state index contributed by atoms with van der Waals surface area (Å²) in [5.74, 6) is -0.613. The summed E-state index contributed by atoms with van der Waals surface area (Å²) in [7, 11) is -4.24. The predicted molar refractivity (Wildman–Crippen MR) is 146 cm³/mol. The zero-order valence-electron chi connectivity index (χ0n) is 21.0. The maximum absolute atomic E-state index is 13.1. The van der Waals surface area contributed by atoms with Crippen molar-refractivity contribution in [1.29, 1.82) is 0 Å². The van der Waals surface area contributed by atoms with Crippen LogP contribution >= 0.6 is 10.7 Å². The lowest BCUT2D eigenvalue weighted by Gasteiger charge is -2.22. The maximum Gasteiger partial charge on any atom is 0.301 e. The Bertz CT molecular complexity index is 1730. The lowest BCUT2D eigenvalue weighted by molar-refractivity contribution is 0.458. The molecule has 0 aliphatic heterocycles. The Morgan fingerprint density at radius 3 is 2.05 bits per heavy atom. The maximum atomic E-state index is 13.1. The molecule has 0 spiro atoms. The molecule has 206 valence electrons. The van der Waals surface area contributed by atoms with Gasteiger partial charge in [-0.2, -0.15) is 17.8 Å². The molecular formula is C22H26ClN5O7S3. The van der Waals surface area contributed by atoms with E-state index in [-0.39, 0.29) is 32.7 Å². The number of phenols is 1. The first-order chi connectivity index (χ1) is 17.3. The van der Waals surface area contributed by atoms with Crippen molar-refractivity contribution < 1.29 is 30.4 Å². The number of anilines is 1.